The number of hydrogen-bond acceptors (Lipinski definition) is 4. The van der Waals surface area contributed by atoms with E-state index in [-0.39, 0.29) is 5.78 Å². The zero-order valence-corrected chi connectivity index (χ0v) is 18.8. The second kappa shape index (κ2) is 10.1. The topological polar surface area (TPSA) is 42.4 Å². The highest BCUT2D eigenvalue weighted by molar-refractivity contribution is 6.04. The van der Waals surface area contributed by atoms with Gasteiger partial charge in [-0.05, 0) is 73.3 Å². The van der Waals surface area contributed by atoms with Gasteiger partial charge in [0, 0.05) is 44.2 Å². The maximum Gasteiger partial charge on any atom is 0.219 e. The number of aryl methyl sites for hydroxylation is 2. The summed E-state index contributed by atoms with van der Waals surface area (Å²) in [4.78, 5) is 18.3. The first-order valence-electron chi connectivity index (χ1n) is 11.7. The lowest BCUT2D eigenvalue weighted by Gasteiger charge is -2.31. The van der Waals surface area contributed by atoms with E-state index < -0.39 is 0 Å². The highest BCUT2D eigenvalue weighted by atomic mass is 16.5. The summed E-state index contributed by atoms with van der Waals surface area (Å²) < 4.78 is 6.02. The lowest BCUT2D eigenvalue weighted by atomic mass is 9.75. The summed E-state index contributed by atoms with van der Waals surface area (Å²) in [5.41, 5.74) is 3.45. The van der Waals surface area contributed by atoms with Gasteiger partial charge in [-0.15, -0.1) is 0 Å². The number of fused-ring (bicyclic) bond motifs is 1. The predicted octanol–water partition coefficient (Wildman–Crippen LogP) is 6.21. The fourth-order valence-corrected chi connectivity index (χ4v) is 4.68. The van der Waals surface area contributed by atoms with Crippen molar-refractivity contribution in [3.8, 4) is 11.6 Å². The Labute approximate surface area is 186 Å². The van der Waals surface area contributed by atoms with Crippen molar-refractivity contribution in [2.75, 3.05) is 14.1 Å². The van der Waals surface area contributed by atoms with Crippen molar-refractivity contribution < 1.29 is 9.53 Å². The summed E-state index contributed by atoms with van der Waals surface area (Å²) in [5, 5.41) is 0. The molecule has 0 radical (unpaired) electrons. The van der Waals surface area contributed by atoms with Crippen LogP contribution in [0.3, 0.4) is 0 Å². The molecule has 0 saturated heterocycles. The van der Waals surface area contributed by atoms with Crippen molar-refractivity contribution in [3.05, 3.63) is 65.5 Å². The van der Waals surface area contributed by atoms with E-state index >= 15 is 0 Å². The van der Waals surface area contributed by atoms with E-state index in [2.05, 4.69) is 17.1 Å². The number of carbonyl (C=O) groups is 1. The maximum absolute atomic E-state index is 12.2. The average Bonchev–Trinajstić information content (AvgIpc) is 2.72. The highest BCUT2D eigenvalue weighted by Crippen LogP contribution is 2.37. The van der Waals surface area contributed by atoms with Crippen molar-refractivity contribution in [1.82, 2.24) is 9.88 Å². The molecular formula is C27H34N2O2. The Morgan fingerprint density at radius 1 is 1.03 bits per heavy atom. The Hall–Kier alpha value is -2.62. The maximum atomic E-state index is 12.2. The van der Waals surface area contributed by atoms with Crippen molar-refractivity contribution in [3.63, 3.8) is 0 Å². The van der Waals surface area contributed by atoms with Crippen LogP contribution in [0.4, 0.5) is 0 Å². The smallest absolute Gasteiger partial charge is 0.219 e. The molecule has 2 aliphatic carbocycles. The number of carbonyl (C=O) groups excluding carboxylic acids is 1. The minimum Gasteiger partial charge on any atom is -0.439 e. The van der Waals surface area contributed by atoms with Gasteiger partial charge in [0.05, 0.1) is 0 Å². The SMILES string of the molecule is CN(C)/C=C/C(=O)c1ccc(Oc2ccc3c(c2)CCC(CC2CCC2)CCC3)nc1. The molecule has 0 bridgehead atoms. The molecule has 2 aromatic rings. The van der Waals surface area contributed by atoms with Crippen LogP contribution in [0.25, 0.3) is 0 Å². The number of benzene rings is 1. The van der Waals surface area contributed by atoms with Gasteiger partial charge < -0.3 is 9.64 Å². The molecule has 2 aliphatic rings. The van der Waals surface area contributed by atoms with Gasteiger partial charge in [-0.2, -0.15) is 0 Å². The number of ether oxygens (including phenoxy) is 1. The largest absolute Gasteiger partial charge is 0.439 e. The van der Waals surface area contributed by atoms with Crippen LogP contribution in [-0.2, 0) is 12.8 Å². The molecule has 1 unspecified atom stereocenters. The number of pyridine rings is 1. The number of ketones is 1. The van der Waals surface area contributed by atoms with Gasteiger partial charge in [-0.25, -0.2) is 4.98 Å². The van der Waals surface area contributed by atoms with Gasteiger partial charge in [-0.3, -0.25) is 4.79 Å². The standard InChI is InChI=1S/C27H34N2O2/c1-29(2)16-15-26(30)24-12-14-27(28-19-24)31-25-13-11-22-8-4-7-21(9-10-23(22)18-25)17-20-5-3-6-20/h11-16,18-21H,3-10,17H2,1-2H3/b16-15+. The van der Waals surface area contributed by atoms with E-state index in [9.17, 15) is 4.79 Å². The molecule has 1 heterocycles. The quantitative estimate of drug-likeness (QED) is 0.396. The number of nitrogens with zero attached hydrogens (tertiary/aromatic N) is 2. The molecule has 1 aromatic heterocycles. The van der Waals surface area contributed by atoms with Crippen LogP contribution in [0.15, 0.2) is 48.8 Å². The van der Waals surface area contributed by atoms with Crippen LogP contribution in [-0.4, -0.2) is 29.8 Å². The molecule has 31 heavy (non-hydrogen) atoms. The average molecular weight is 419 g/mol. The molecule has 1 aromatic carbocycles. The van der Waals surface area contributed by atoms with E-state index in [1.807, 2.05) is 25.1 Å². The normalized spacial score (nSPS) is 19.2. The Morgan fingerprint density at radius 3 is 2.55 bits per heavy atom. The molecule has 4 nitrogen and oxygen atoms in total. The predicted molar refractivity (Wildman–Crippen MR) is 125 cm³/mol. The number of hydrogen-bond donors (Lipinski definition) is 0. The first-order valence-corrected chi connectivity index (χ1v) is 11.7. The summed E-state index contributed by atoms with van der Waals surface area (Å²) in [6.07, 6.45) is 16.9. The van der Waals surface area contributed by atoms with Gasteiger partial charge in [0.15, 0.2) is 5.78 Å². The van der Waals surface area contributed by atoms with Gasteiger partial charge >= 0.3 is 0 Å². The molecule has 164 valence electrons. The summed E-state index contributed by atoms with van der Waals surface area (Å²) in [6.45, 7) is 0. The zero-order chi connectivity index (χ0) is 21.6. The number of allylic oxidation sites excluding steroid dienone is 1. The van der Waals surface area contributed by atoms with Crippen molar-refractivity contribution >= 4 is 5.78 Å². The lowest BCUT2D eigenvalue weighted by Crippen LogP contribution is -2.18. The Bertz CT molecular complexity index is 913. The molecule has 1 atom stereocenters. The van der Waals surface area contributed by atoms with E-state index in [4.69, 9.17) is 4.74 Å². The van der Waals surface area contributed by atoms with Crippen LogP contribution in [0.5, 0.6) is 11.6 Å². The van der Waals surface area contributed by atoms with Crippen molar-refractivity contribution in [1.29, 1.82) is 0 Å². The Balaban J connectivity index is 1.39. The molecule has 1 saturated carbocycles. The molecule has 4 rings (SSSR count). The molecule has 0 amide bonds. The van der Waals surface area contributed by atoms with Crippen LogP contribution in [0.1, 0.15) is 66.4 Å². The van der Waals surface area contributed by atoms with Gasteiger partial charge in [-0.1, -0.05) is 31.7 Å². The van der Waals surface area contributed by atoms with Crippen molar-refractivity contribution in [2.24, 2.45) is 11.8 Å². The van der Waals surface area contributed by atoms with Gasteiger partial charge in [0.25, 0.3) is 0 Å². The summed E-state index contributed by atoms with van der Waals surface area (Å²) >= 11 is 0. The summed E-state index contributed by atoms with van der Waals surface area (Å²) in [7, 11) is 3.77. The van der Waals surface area contributed by atoms with Crippen LogP contribution < -0.4 is 4.74 Å². The Kier molecular flexibility index (Phi) is 7.06. The third kappa shape index (κ3) is 5.96. The third-order valence-electron chi connectivity index (χ3n) is 6.72. The highest BCUT2D eigenvalue weighted by Gasteiger charge is 2.23. The number of rotatable bonds is 7. The molecule has 1 fully saturated rings. The first kappa shape index (κ1) is 21.6. The minimum absolute atomic E-state index is 0.0645. The Morgan fingerprint density at radius 2 is 1.84 bits per heavy atom. The van der Waals surface area contributed by atoms with Gasteiger partial charge in [0.2, 0.25) is 5.88 Å². The molecule has 4 heteroatoms. The van der Waals surface area contributed by atoms with Crippen molar-refractivity contribution in [2.45, 2.75) is 57.8 Å². The van der Waals surface area contributed by atoms with E-state index in [1.54, 1.807) is 30.6 Å². The second-order valence-electron chi connectivity index (χ2n) is 9.39. The first-order chi connectivity index (χ1) is 15.1. The van der Waals surface area contributed by atoms with E-state index in [0.717, 1.165) is 24.0 Å². The van der Waals surface area contributed by atoms with Gasteiger partial charge in [0.1, 0.15) is 5.75 Å². The monoisotopic (exact) mass is 418 g/mol. The molecule has 0 aliphatic heterocycles. The zero-order valence-electron chi connectivity index (χ0n) is 18.8. The molecule has 0 spiro atoms. The van der Waals surface area contributed by atoms with E-state index in [1.165, 1.54) is 62.5 Å². The lowest BCUT2D eigenvalue weighted by molar-refractivity contribution is 0.104. The second-order valence-corrected chi connectivity index (χ2v) is 9.39. The minimum atomic E-state index is -0.0645. The number of aromatic nitrogens is 1. The van der Waals surface area contributed by atoms with E-state index in [0.29, 0.717) is 11.4 Å². The summed E-state index contributed by atoms with van der Waals surface area (Å²) in [5.74, 6) is 3.16. The fourth-order valence-electron chi connectivity index (χ4n) is 4.68. The van der Waals surface area contributed by atoms with Crippen LogP contribution in [0, 0.1) is 11.8 Å². The summed E-state index contributed by atoms with van der Waals surface area (Å²) in [6, 6.07) is 10.0. The molecular weight excluding hydrogens is 384 g/mol. The fraction of sp³-hybridized carbons (Fsp3) is 0.481. The molecule has 0 N–H and O–H groups in total. The third-order valence-corrected chi connectivity index (χ3v) is 6.72. The van der Waals surface area contributed by atoms with Crippen LogP contribution in [0.2, 0.25) is 0 Å². The van der Waals surface area contributed by atoms with Crippen LogP contribution >= 0.6 is 0 Å².